The van der Waals surface area contributed by atoms with Crippen LogP contribution < -0.4 is 5.56 Å². The minimum atomic E-state index is -0.00881. The van der Waals surface area contributed by atoms with Gasteiger partial charge in [0.05, 0.1) is 17.9 Å². The first-order valence-electron chi connectivity index (χ1n) is 10.3. The van der Waals surface area contributed by atoms with Gasteiger partial charge in [-0.3, -0.25) is 13.9 Å². The number of hydrogen-bond acceptors (Lipinski definition) is 5. The zero-order valence-electron chi connectivity index (χ0n) is 16.0. The van der Waals surface area contributed by atoms with Crippen LogP contribution in [0.5, 0.6) is 0 Å². The van der Waals surface area contributed by atoms with E-state index in [-0.39, 0.29) is 24.0 Å². The van der Waals surface area contributed by atoms with Crippen LogP contribution in [0.1, 0.15) is 77.5 Å². The third-order valence-electron chi connectivity index (χ3n) is 6.43. The van der Waals surface area contributed by atoms with Crippen molar-refractivity contribution in [3.8, 4) is 0 Å². The highest BCUT2D eigenvalue weighted by molar-refractivity contribution is 7.17. The minimum absolute atomic E-state index is 0.00881. The van der Waals surface area contributed by atoms with Gasteiger partial charge in [-0.05, 0) is 51.0 Å². The quantitative estimate of drug-likeness (QED) is 0.695. The van der Waals surface area contributed by atoms with E-state index in [1.807, 2.05) is 0 Å². The summed E-state index contributed by atoms with van der Waals surface area (Å²) in [7, 11) is 0. The molecule has 6 nitrogen and oxygen atoms in total. The zero-order chi connectivity index (χ0) is 19.0. The smallest absolute Gasteiger partial charge is 0.259 e. The van der Waals surface area contributed by atoms with Gasteiger partial charge in [-0.2, -0.15) is 5.10 Å². The second-order valence-electron chi connectivity index (χ2n) is 8.73. The Hall–Kier alpha value is -1.99. The lowest BCUT2D eigenvalue weighted by molar-refractivity contribution is 0.273. The molecule has 3 fully saturated rings. The molecule has 0 aromatic carbocycles. The molecular weight excluding hydrogens is 372 g/mol. The van der Waals surface area contributed by atoms with Gasteiger partial charge < -0.3 is 5.11 Å². The van der Waals surface area contributed by atoms with Crippen LogP contribution >= 0.6 is 11.3 Å². The first kappa shape index (κ1) is 16.9. The molecule has 2 atom stereocenters. The molecule has 0 amide bonds. The van der Waals surface area contributed by atoms with Gasteiger partial charge in [-0.15, -0.1) is 11.3 Å². The van der Waals surface area contributed by atoms with Crippen LogP contribution in [0.25, 0.3) is 4.96 Å². The van der Waals surface area contributed by atoms with Crippen molar-refractivity contribution in [2.24, 2.45) is 5.92 Å². The van der Waals surface area contributed by atoms with E-state index >= 15 is 0 Å². The van der Waals surface area contributed by atoms with E-state index in [4.69, 9.17) is 10.1 Å². The van der Waals surface area contributed by atoms with Crippen molar-refractivity contribution in [3.05, 3.63) is 50.1 Å². The average molecular weight is 397 g/mol. The summed E-state index contributed by atoms with van der Waals surface area (Å²) in [6.45, 7) is 2.81. The number of aromatic nitrogens is 4. The van der Waals surface area contributed by atoms with E-state index in [2.05, 4.69) is 17.7 Å². The third-order valence-corrected chi connectivity index (χ3v) is 7.40. The number of nitrogens with zero attached hydrogens (tertiary/aromatic N) is 4. The van der Waals surface area contributed by atoms with Gasteiger partial charge in [-0.25, -0.2) is 4.98 Å². The van der Waals surface area contributed by atoms with Crippen molar-refractivity contribution >= 4 is 16.3 Å². The summed E-state index contributed by atoms with van der Waals surface area (Å²) >= 11 is 1.58. The fourth-order valence-corrected chi connectivity index (χ4v) is 5.52. The molecule has 3 saturated carbocycles. The van der Waals surface area contributed by atoms with Crippen LogP contribution in [0.2, 0.25) is 0 Å². The summed E-state index contributed by atoms with van der Waals surface area (Å²) in [5.41, 5.74) is 4.37. The molecule has 6 rings (SSSR count). The number of hydrogen-bond donors (Lipinski definition) is 1. The van der Waals surface area contributed by atoms with Crippen molar-refractivity contribution in [1.82, 2.24) is 19.2 Å². The molecule has 1 N–H and O–H groups in total. The van der Waals surface area contributed by atoms with Gasteiger partial charge in [0.15, 0.2) is 4.96 Å². The molecule has 0 spiro atoms. The van der Waals surface area contributed by atoms with Gasteiger partial charge in [0.1, 0.15) is 0 Å². The molecule has 3 aliphatic rings. The lowest BCUT2D eigenvalue weighted by Gasteiger charge is -2.07. The fourth-order valence-electron chi connectivity index (χ4n) is 4.45. The molecule has 7 heteroatoms. The summed E-state index contributed by atoms with van der Waals surface area (Å²) < 4.78 is 3.86. The van der Waals surface area contributed by atoms with E-state index in [0.29, 0.717) is 18.4 Å². The Kier molecular flexibility index (Phi) is 3.63. The number of aryl methyl sites for hydroxylation is 1. The number of fused-ring (bicyclic) bond motifs is 1. The summed E-state index contributed by atoms with van der Waals surface area (Å²) in [4.78, 5) is 19.7. The normalized spacial score (nSPS) is 24.2. The third kappa shape index (κ3) is 2.75. The summed E-state index contributed by atoms with van der Waals surface area (Å²) in [5, 5.41) is 14.3. The van der Waals surface area contributed by atoms with E-state index in [1.165, 1.54) is 37.1 Å². The maximum atomic E-state index is 12.9. The summed E-state index contributed by atoms with van der Waals surface area (Å²) in [6.07, 6.45) is 5.94. The molecule has 3 aromatic rings. The van der Waals surface area contributed by atoms with Gasteiger partial charge in [-0.1, -0.05) is 0 Å². The van der Waals surface area contributed by atoms with Crippen molar-refractivity contribution in [2.75, 3.05) is 6.61 Å². The number of aliphatic hydroxyl groups is 1. The molecule has 3 heterocycles. The molecular formula is C21H24N4O2S. The number of aliphatic hydroxyl groups excluding tert-OH is 1. The van der Waals surface area contributed by atoms with E-state index in [9.17, 15) is 9.90 Å². The molecule has 3 aromatic heterocycles. The van der Waals surface area contributed by atoms with E-state index in [0.717, 1.165) is 27.6 Å². The molecule has 3 aliphatic carbocycles. The van der Waals surface area contributed by atoms with Crippen molar-refractivity contribution in [3.63, 3.8) is 0 Å². The zero-order valence-corrected chi connectivity index (χ0v) is 16.8. The Morgan fingerprint density at radius 2 is 2.00 bits per heavy atom. The maximum Gasteiger partial charge on any atom is 0.259 e. The van der Waals surface area contributed by atoms with Crippen LogP contribution in [0.3, 0.4) is 0 Å². The highest BCUT2D eigenvalue weighted by Gasteiger charge is 2.41. The highest BCUT2D eigenvalue weighted by Crippen LogP contribution is 2.49. The Morgan fingerprint density at radius 1 is 1.21 bits per heavy atom. The summed E-state index contributed by atoms with van der Waals surface area (Å²) in [6, 6.07) is 3.96. The lowest BCUT2D eigenvalue weighted by Crippen LogP contribution is -2.18. The van der Waals surface area contributed by atoms with Crippen molar-refractivity contribution in [1.29, 1.82) is 0 Å². The van der Waals surface area contributed by atoms with Crippen LogP contribution in [0.4, 0.5) is 0 Å². The molecule has 0 aliphatic heterocycles. The first-order valence-corrected chi connectivity index (χ1v) is 11.1. The van der Waals surface area contributed by atoms with Gasteiger partial charge >= 0.3 is 0 Å². The molecule has 0 saturated heterocycles. The largest absolute Gasteiger partial charge is 0.396 e. The lowest BCUT2D eigenvalue weighted by atomic mass is 10.2. The van der Waals surface area contributed by atoms with Crippen molar-refractivity contribution < 1.29 is 5.11 Å². The predicted molar refractivity (Wildman–Crippen MR) is 107 cm³/mol. The number of rotatable bonds is 6. The second-order valence-corrected chi connectivity index (χ2v) is 9.91. The van der Waals surface area contributed by atoms with Gasteiger partial charge in [0, 0.05) is 46.7 Å². The van der Waals surface area contributed by atoms with Gasteiger partial charge in [0.2, 0.25) is 0 Å². The van der Waals surface area contributed by atoms with Crippen LogP contribution in [-0.4, -0.2) is 30.9 Å². The Labute approximate surface area is 166 Å². The Bertz CT molecular complexity index is 1140. The monoisotopic (exact) mass is 396 g/mol. The van der Waals surface area contributed by atoms with Crippen molar-refractivity contribution in [2.45, 2.75) is 63.3 Å². The standard InChI is InChI=1S/C21H24N4O2S/c1-11-20(16-6-14(16)10-26)25-19(27)7-15(22-21(25)28-11)9-24-18(13-4-5-13)8-17(23-24)12-2-3-12/h7-8,12-14,16,26H,2-6,9-10H2,1H3/t14-,16+/m0/s1. The van der Waals surface area contributed by atoms with Crippen LogP contribution in [0, 0.1) is 12.8 Å². The van der Waals surface area contributed by atoms with Crippen LogP contribution in [-0.2, 0) is 6.54 Å². The van der Waals surface area contributed by atoms with E-state index < -0.39 is 0 Å². The number of thiazole rings is 1. The molecule has 28 heavy (non-hydrogen) atoms. The Morgan fingerprint density at radius 3 is 2.68 bits per heavy atom. The predicted octanol–water partition coefficient (Wildman–Crippen LogP) is 3.16. The maximum absolute atomic E-state index is 12.9. The molecule has 0 bridgehead atoms. The highest BCUT2D eigenvalue weighted by atomic mass is 32.1. The molecule has 146 valence electrons. The molecule has 0 radical (unpaired) electrons. The molecule has 0 unspecified atom stereocenters. The van der Waals surface area contributed by atoms with E-state index in [1.54, 1.807) is 21.8 Å². The van der Waals surface area contributed by atoms with Crippen LogP contribution in [0.15, 0.2) is 16.9 Å². The average Bonchev–Trinajstić information content (AvgIpc) is 3.56. The van der Waals surface area contributed by atoms with Gasteiger partial charge in [0.25, 0.3) is 5.56 Å². The summed E-state index contributed by atoms with van der Waals surface area (Å²) in [5.74, 6) is 1.85. The second kappa shape index (κ2) is 6.00. The first-order chi connectivity index (χ1) is 13.6. The minimum Gasteiger partial charge on any atom is -0.396 e. The SMILES string of the molecule is Cc1sc2nc(Cn3nc(C4CC4)cc3C3CC3)cc(=O)n2c1[C@@H]1C[C@H]1CO. The fraction of sp³-hybridized carbons (Fsp3) is 0.571. The Balaban J connectivity index is 1.37. The topological polar surface area (TPSA) is 72.4 Å².